The predicted molar refractivity (Wildman–Crippen MR) is 73.5 cm³/mol. The number of halogens is 1. The van der Waals surface area contributed by atoms with E-state index < -0.39 is 0 Å². The van der Waals surface area contributed by atoms with Gasteiger partial charge in [0.25, 0.3) is 0 Å². The average molecular weight is 383 g/mol. The molecule has 2 heterocycles. The van der Waals surface area contributed by atoms with E-state index in [0.717, 1.165) is 33.0 Å². The fourth-order valence-corrected chi connectivity index (χ4v) is 9.83. The number of alkyl halides is 2. The molecule has 2 atom stereocenters. The van der Waals surface area contributed by atoms with Crippen LogP contribution in [0.3, 0.4) is 0 Å². The maximum atomic E-state index is 12.4. The molecule has 2 saturated heterocycles. The van der Waals surface area contributed by atoms with Gasteiger partial charge in [0.1, 0.15) is 0 Å². The molecule has 1 aromatic rings. The molecule has 0 spiro atoms. The molecule has 5 rings (SSSR count). The molecule has 4 aliphatic rings. The van der Waals surface area contributed by atoms with Crippen LogP contribution in [0.15, 0.2) is 24.3 Å². The molecular formula is C17H20IO2-. The van der Waals surface area contributed by atoms with Gasteiger partial charge in [-0.2, -0.15) is 0 Å². The van der Waals surface area contributed by atoms with Gasteiger partial charge < -0.3 is 0 Å². The van der Waals surface area contributed by atoms with Crippen LogP contribution in [0.1, 0.15) is 48.0 Å². The molecule has 3 heteroatoms. The van der Waals surface area contributed by atoms with Crippen molar-refractivity contribution in [3.63, 3.8) is 0 Å². The summed E-state index contributed by atoms with van der Waals surface area (Å²) in [7, 11) is 0. The topological polar surface area (TPSA) is 26.3 Å². The maximum absolute atomic E-state index is 12.4. The molecule has 2 aliphatic carbocycles. The molecule has 108 valence electrons. The van der Waals surface area contributed by atoms with Gasteiger partial charge in [0.2, 0.25) is 0 Å². The second kappa shape index (κ2) is 4.72. The van der Waals surface area contributed by atoms with Crippen LogP contribution in [0, 0.1) is 12.8 Å². The van der Waals surface area contributed by atoms with Gasteiger partial charge in [-0.1, -0.05) is 0 Å². The third-order valence-corrected chi connectivity index (χ3v) is 8.91. The second-order valence-corrected chi connectivity index (χ2v) is 11.0. The van der Waals surface area contributed by atoms with Crippen LogP contribution >= 0.6 is 0 Å². The zero-order valence-corrected chi connectivity index (χ0v) is 13.9. The van der Waals surface area contributed by atoms with E-state index in [-0.39, 0.29) is 11.6 Å². The molecule has 0 radical (unpaired) electrons. The van der Waals surface area contributed by atoms with E-state index in [1.807, 2.05) is 31.2 Å². The quantitative estimate of drug-likeness (QED) is 0.418. The van der Waals surface area contributed by atoms with Gasteiger partial charge in [-0.25, -0.2) is 0 Å². The van der Waals surface area contributed by atoms with Gasteiger partial charge in [-0.15, -0.1) is 0 Å². The fraction of sp³-hybridized carbons (Fsp3) is 0.588. The molecule has 1 aromatic carbocycles. The van der Waals surface area contributed by atoms with Crippen molar-refractivity contribution in [3.8, 4) is 0 Å². The van der Waals surface area contributed by atoms with Crippen molar-refractivity contribution >= 4 is 5.97 Å². The summed E-state index contributed by atoms with van der Waals surface area (Å²) >= 11 is 0.367. The minimum absolute atomic E-state index is 0.101. The number of aryl methyl sites for hydroxylation is 1. The van der Waals surface area contributed by atoms with Gasteiger partial charge in [-0.05, 0) is 0 Å². The minimum atomic E-state index is -0.106. The number of carbonyl (C=O) groups excluding carboxylic acids is 1. The number of esters is 1. The van der Waals surface area contributed by atoms with Crippen LogP contribution in [0.4, 0.5) is 0 Å². The normalized spacial score (nSPS) is 38.4. The van der Waals surface area contributed by atoms with E-state index in [4.69, 9.17) is 4.74 Å². The van der Waals surface area contributed by atoms with Crippen LogP contribution in [0.2, 0.25) is 0 Å². The molecule has 20 heavy (non-hydrogen) atoms. The van der Waals surface area contributed by atoms with Crippen LogP contribution in [0.5, 0.6) is 0 Å². The Morgan fingerprint density at radius 2 is 1.80 bits per heavy atom. The molecule has 4 fully saturated rings. The summed E-state index contributed by atoms with van der Waals surface area (Å²) in [5.41, 5.74) is 1.79. The second-order valence-electron chi connectivity index (χ2n) is 6.71. The number of rotatable bonds is 2. The van der Waals surface area contributed by atoms with Gasteiger partial charge in [0.05, 0.1) is 0 Å². The summed E-state index contributed by atoms with van der Waals surface area (Å²) in [5, 5.41) is 0. The van der Waals surface area contributed by atoms with Crippen molar-refractivity contribution in [1.82, 2.24) is 0 Å². The van der Waals surface area contributed by atoms with Gasteiger partial charge in [0.15, 0.2) is 0 Å². The van der Waals surface area contributed by atoms with Crippen molar-refractivity contribution < 1.29 is 30.7 Å². The Kier molecular flexibility index (Phi) is 3.09. The van der Waals surface area contributed by atoms with Crippen LogP contribution in [-0.2, 0) is 4.74 Å². The van der Waals surface area contributed by atoms with Crippen molar-refractivity contribution in [1.29, 1.82) is 0 Å². The first-order valence-corrected chi connectivity index (χ1v) is 10.0. The molecule has 0 amide bonds. The first-order valence-electron chi connectivity index (χ1n) is 7.54. The van der Waals surface area contributed by atoms with Gasteiger partial charge in [0, 0.05) is 0 Å². The summed E-state index contributed by atoms with van der Waals surface area (Å²) in [6.07, 6.45) is 6.29. The van der Waals surface area contributed by atoms with Gasteiger partial charge in [-0.3, -0.25) is 0 Å². The summed E-state index contributed by atoms with van der Waals surface area (Å²) in [6.45, 7) is 2.04. The molecule has 4 bridgehead atoms. The van der Waals surface area contributed by atoms with Crippen LogP contribution in [0.25, 0.3) is 0 Å². The Balaban J connectivity index is 1.53. The number of benzene rings is 1. The number of hydrogen-bond acceptors (Lipinski definition) is 2. The SMILES string of the molecule is Cc1ccc(C(=O)OC23CC4CC(C2)[I-]C(C4)C3)cc1. The summed E-state index contributed by atoms with van der Waals surface area (Å²) in [5.74, 6) is 0.733. The predicted octanol–water partition coefficient (Wildman–Crippen LogP) is 0.324. The summed E-state index contributed by atoms with van der Waals surface area (Å²) in [6, 6.07) is 7.76. The average Bonchev–Trinajstić information content (AvgIpc) is 2.37. The van der Waals surface area contributed by atoms with Crippen molar-refractivity contribution in [2.75, 3.05) is 0 Å². The summed E-state index contributed by atoms with van der Waals surface area (Å²) in [4.78, 5) is 12.4. The molecular weight excluding hydrogens is 363 g/mol. The van der Waals surface area contributed by atoms with E-state index in [9.17, 15) is 4.79 Å². The number of ether oxygens (including phenoxy) is 1. The van der Waals surface area contributed by atoms with E-state index in [2.05, 4.69) is 0 Å². The number of hydrogen-bond donors (Lipinski definition) is 0. The zero-order chi connectivity index (χ0) is 13.7. The molecule has 2 unspecified atom stereocenters. The van der Waals surface area contributed by atoms with Gasteiger partial charge >= 0.3 is 130 Å². The number of carbonyl (C=O) groups is 1. The fourth-order valence-electron chi connectivity index (χ4n) is 4.25. The third kappa shape index (κ3) is 2.28. The van der Waals surface area contributed by atoms with Crippen molar-refractivity contribution in [2.45, 2.75) is 52.5 Å². The first kappa shape index (κ1) is 13.1. The van der Waals surface area contributed by atoms with Crippen LogP contribution in [-0.4, -0.2) is 19.4 Å². The zero-order valence-electron chi connectivity index (χ0n) is 11.8. The van der Waals surface area contributed by atoms with Crippen molar-refractivity contribution in [3.05, 3.63) is 35.4 Å². The van der Waals surface area contributed by atoms with Crippen molar-refractivity contribution in [2.24, 2.45) is 5.92 Å². The monoisotopic (exact) mass is 383 g/mol. The Bertz CT molecular complexity index is 499. The molecule has 2 nitrogen and oxygen atoms in total. The molecule has 2 saturated carbocycles. The third-order valence-electron chi connectivity index (χ3n) is 4.98. The Labute approximate surface area is 130 Å². The van der Waals surface area contributed by atoms with E-state index in [1.54, 1.807) is 0 Å². The van der Waals surface area contributed by atoms with E-state index >= 15 is 0 Å². The Morgan fingerprint density at radius 3 is 2.40 bits per heavy atom. The first-order chi connectivity index (χ1) is 9.62. The van der Waals surface area contributed by atoms with E-state index in [0.29, 0.717) is 26.8 Å². The summed E-state index contributed by atoms with van der Waals surface area (Å²) < 4.78 is 7.90. The standard InChI is InChI=1S/C17H20IO2/c1-11-2-4-13(5-3-11)16(19)20-17-8-12-6-14(9-17)18-15(7-12)10-17/h2-5,12,14-15H,6-10H2,1H3/q-1. The molecule has 0 aromatic heterocycles. The Hall–Kier alpha value is -0.580. The van der Waals surface area contributed by atoms with Crippen LogP contribution < -0.4 is 21.2 Å². The van der Waals surface area contributed by atoms with E-state index in [1.165, 1.54) is 18.4 Å². The Morgan fingerprint density at radius 1 is 1.15 bits per heavy atom. The molecule has 0 N–H and O–H groups in total. The molecule has 2 aliphatic heterocycles.